The van der Waals surface area contributed by atoms with Gasteiger partial charge in [-0.1, -0.05) is 29.2 Å². The number of hydrogen-bond acceptors (Lipinski definition) is 7. The minimum absolute atomic E-state index is 0.178. The highest BCUT2D eigenvalue weighted by Gasteiger charge is 2.10. The van der Waals surface area contributed by atoms with Crippen molar-refractivity contribution in [2.45, 2.75) is 4.34 Å². The van der Waals surface area contributed by atoms with Gasteiger partial charge in [0.1, 0.15) is 0 Å². The van der Waals surface area contributed by atoms with E-state index in [0.717, 1.165) is 14.2 Å². The van der Waals surface area contributed by atoms with Crippen LogP contribution in [0.3, 0.4) is 0 Å². The molecular weight excluding hydrogens is 366 g/mol. The van der Waals surface area contributed by atoms with Crippen LogP contribution >= 0.6 is 34.4 Å². The summed E-state index contributed by atoms with van der Waals surface area (Å²) >= 11 is 4.36. The van der Waals surface area contributed by atoms with Crippen LogP contribution in [-0.2, 0) is 4.79 Å². The first-order valence-electron chi connectivity index (χ1n) is 6.75. The maximum atomic E-state index is 12.0. The quantitative estimate of drug-likeness (QED) is 0.637. The summed E-state index contributed by atoms with van der Waals surface area (Å²) in [7, 11) is 0. The number of amides is 1. The van der Waals surface area contributed by atoms with Crippen LogP contribution in [0, 0.1) is 0 Å². The van der Waals surface area contributed by atoms with Crippen molar-refractivity contribution in [3.8, 4) is 9.88 Å². The number of thioether (sulfide) groups is 1. The lowest BCUT2D eigenvalue weighted by atomic mass is 10.2. The van der Waals surface area contributed by atoms with E-state index in [4.69, 9.17) is 5.11 Å². The third-order valence-electron chi connectivity index (χ3n) is 2.88. The third kappa shape index (κ3) is 4.19. The molecule has 24 heavy (non-hydrogen) atoms. The fourth-order valence-electron chi connectivity index (χ4n) is 1.79. The van der Waals surface area contributed by atoms with E-state index in [2.05, 4.69) is 15.5 Å². The van der Waals surface area contributed by atoms with Crippen molar-refractivity contribution < 1.29 is 14.7 Å². The molecule has 1 amide bonds. The molecule has 0 aliphatic heterocycles. The molecular formula is C15H11N3O3S3. The number of nitrogens with zero attached hydrogens (tertiary/aromatic N) is 2. The number of rotatable bonds is 6. The molecule has 0 aliphatic rings. The highest BCUT2D eigenvalue weighted by molar-refractivity contribution is 8.01. The van der Waals surface area contributed by atoms with E-state index in [1.54, 1.807) is 23.5 Å². The summed E-state index contributed by atoms with van der Waals surface area (Å²) in [5.74, 6) is -0.975. The normalized spacial score (nSPS) is 10.5. The van der Waals surface area contributed by atoms with Crippen molar-refractivity contribution in [2.75, 3.05) is 11.1 Å². The molecule has 2 N–H and O–H groups in total. The summed E-state index contributed by atoms with van der Waals surface area (Å²) in [6.07, 6.45) is 0. The maximum absolute atomic E-state index is 12.0. The lowest BCUT2D eigenvalue weighted by Crippen LogP contribution is -2.14. The van der Waals surface area contributed by atoms with E-state index < -0.39 is 5.97 Å². The van der Waals surface area contributed by atoms with Crippen LogP contribution in [0.1, 0.15) is 10.4 Å². The summed E-state index contributed by atoms with van der Waals surface area (Å²) in [6, 6.07) is 9.95. The van der Waals surface area contributed by atoms with Crippen molar-refractivity contribution in [1.29, 1.82) is 0 Å². The Morgan fingerprint density at radius 1 is 1.17 bits per heavy atom. The first-order chi connectivity index (χ1) is 11.6. The lowest BCUT2D eigenvalue weighted by Gasteiger charge is -2.04. The zero-order valence-corrected chi connectivity index (χ0v) is 14.6. The average molecular weight is 377 g/mol. The van der Waals surface area contributed by atoms with Crippen LogP contribution in [0.25, 0.3) is 9.88 Å². The van der Waals surface area contributed by atoms with Gasteiger partial charge in [-0.25, -0.2) is 4.79 Å². The highest BCUT2D eigenvalue weighted by atomic mass is 32.2. The number of aromatic nitrogens is 2. The van der Waals surface area contributed by atoms with E-state index in [-0.39, 0.29) is 17.2 Å². The van der Waals surface area contributed by atoms with Gasteiger partial charge in [-0.3, -0.25) is 4.79 Å². The number of carbonyl (C=O) groups excluding carboxylic acids is 1. The van der Waals surface area contributed by atoms with Crippen molar-refractivity contribution in [1.82, 2.24) is 10.2 Å². The summed E-state index contributed by atoms with van der Waals surface area (Å²) in [5, 5.41) is 22.6. The van der Waals surface area contributed by atoms with Gasteiger partial charge in [-0.2, -0.15) is 0 Å². The molecule has 0 spiro atoms. The van der Waals surface area contributed by atoms with Crippen LogP contribution in [0.15, 0.2) is 46.1 Å². The van der Waals surface area contributed by atoms with Crippen LogP contribution in [0.5, 0.6) is 0 Å². The number of benzene rings is 1. The predicted molar refractivity (Wildman–Crippen MR) is 96.0 cm³/mol. The molecule has 3 aromatic rings. The van der Waals surface area contributed by atoms with E-state index in [1.165, 1.54) is 35.2 Å². The van der Waals surface area contributed by atoms with Gasteiger partial charge in [0.05, 0.1) is 16.2 Å². The molecule has 3 rings (SSSR count). The minimum atomic E-state index is -0.999. The topological polar surface area (TPSA) is 92.2 Å². The molecule has 1 aromatic carbocycles. The second-order valence-electron chi connectivity index (χ2n) is 4.57. The molecule has 2 heterocycles. The molecule has 122 valence electrons. The van der Waals surface area contributed by atoms with Crippen LogP contribution in [0.2, 0.25) is 0 Å². The molecule has 0 atom stereocenters. The molecule has 0 saturated carbocycles. The Labute approximate surface area is 149 Å². The zero-order valence-electron chi connectivity index (χ0n) is 12.1. The standard InChI is InChI=1S/C15H11N3O3S3/c19-12(16-10-5-3-9(4-6-10)14(20)21)8-23-15-18-17-13(24-15)11-2-1-7-22-11/h1-7H,8H2,(H,16,19)(H,20,21). The lowest BCUT2D eigenvalue weighted by molar-refractivity contribution is -0.113. The Bertz CT molecular complexity index is 844. The third-order valence-corrected chi connectivity index (χ3v) is 5.98. The van der Waals surface area contributed by atoms with E-state index in [0.29, 0.717) is 5.69 Å². The van der Waals surface area contributed by atoms with E-state index in [9.17, 15) is 9.59 Å². The van der Waals surface area contributed by atoms with Crippen molar-refractivity contribution in [3.63, 3.8) is 0 Å². The molecule has 9 heteroatoms. The minimum Gasteiger partial charge on any atom is -0.478 e. The summed E-state index contributed by atoms with van der Waals surface area (Å²) in [4.78, 5) is 23.8. The predicted octanol–water partition coefficient (Wildman–Crippen LogP) is 3.70. The first-order valence-corrected chi connectivity index (χ1v) is 9.43. The Hall–Kier alpha value is -2.23. The smallest absolute Gasteiger partial charge is 0.335 e. The van der Waals surface area contributed by atoms with Crippen molar-refractivity contribution in [3.05, 3.63) is 47.3 Å². The molecule has 0 aliphatic carbocycles. The van der Waals surface area contributed by atoms with Gasteiger partial charge in [-0.15, -0.1) is 21.5 Å². The molecule has 0 unspecified atom stereocenters. The number of anilines is 1. The number of aromatic carboxylic acids is 1. The average Bonchev–Trinajstić information content (AvgIpc) is 3.25. The number of carboxylic acid groups (broad SMARTS) is 1. The number of nitrogens with one attached hydrogen (secondary N) is 1. The van der Waals surface area contributed by atoms with Gasteiger partial charge in [0.2, 0.25) is 5.91 Å². The summed E-state index contributed by atoms with van der Waals surface area (Å²) in [6.45, 7) is 0. The van der Waals surface area contributed by atoms with Gasteiger partial charge in [-0.05, 0) is 35.7 Å². The van der Waals surface area contributed by atoms with Crippen LogP contribution in [0.4, 0.5) is 5.69 Å². The maximum Gasteiger partial charge on any atom is 0.335 e. The fourth-order valence-corrected chi connectivity index (χ4v) is 4.23. The molecule has 0 radical (unpaired) electrons. The Kier molecular flexibility index (Phi) is 5.24. The van der Waals surface area contributed by atoms with Gasteiger partial charge in [0.25, 0.3) is 0 Å². The second kappa shape index (κ2) is 7.56. The largest absolute Gasteiger partial charge is 0.478 e. The summed E-state index contributed by atoms with van der Waals surface area (Å²) < 4.78 is 0.731. The Morgan fingerprint density at radius 3 is 2.62 bits per heavy atom. The van der Waals surface area contributed by atoms with Crippen LogP contribution in [-0.4, -0.2) is 32.9 Å². The Morgan fingerprint density at radius 2 is 1.96 bits per heavy atom. The SMILES string of the molecule is O=C(CSc1nnc(-c2cccs2)s1)Nc1ccc(C(=O)O)cc1. The fraction of sp³-hybridized carbons (Fsp3) is 0.0667. The molecule has 0 fully saturated rings. The van der Waals surface area contributed by atoms with Gasteiger partial charge >= 0.3 is 5.97 Å². The zero-order chi connectivity index (χ0) is 16.9. The van der Waals surface area contributed by atoms with Crippen molar-refractivity contribution >= 4 is 52.0 Å². The van der Waals surface area contributed by atoms with Gasteiger partial charge < -0.3 is 10.4 Å². The Balaban J connectivity index is 1.53. The van der Waals surface area contributed by atoms with Crippen LogP contribution < -0.4 is 5.32 Å². The molecule has 2 aromatic heterocycles. The van der Waals surface area contributed by atoms with E-state index >= 15 is 0 Å². The number of thiophene rings is 1. The first kappa shape index (κ1) is 16.6. The molecule has 0 saturated heterocycles. The highest BCUT2D eigenvalue weighted by Crippen LogP contribution is 2.31. The van der Waals surface area contributed by atoms with Gasteiger partial charge in [0.15, 0.2) is 9.35 Å². The monoisotopic (exact) mass is 377 g/mol. The molecule has 0 bridgehead atoms. The second-order valence-corrected chi connectivity index (χ2v) is 7.72. The molecule has 6 nitrogen and oxygen atoms in total. The number of carboxylic acids is 1. The summed E-state index contributed by atoms with van der Waals surface area (Å²) in [5.41, 5.74) is 0.736. The van der Waals surface area contributed by atoms with Gasteiger partial charge in [0, 0.05) is 5.69 Å². The van der Waals surface area contributed by atoms with Crippen molar-refractivity contribution in [2.24, 2.45) is 0 Å². The van der Waals surface area contributed by atoms with E-state index in [1.807, 2.05) is 17.5 Å². The number of hydrogen-bond donors (Lipinski definition) is 2. The number of carbonyl (C=O) groups is 2.